The average Bonchev–Trinajstić information content (AvgIpc) is 2.66. The molecule has 0 aromatic heterocycles. The summed E-state index contributed by atoms with van der Waals surface area (Å²) in [6.07, 6.45) is 1.27. The van der Waals surface area contributed by atoms with Gasteiger partial charge in [0.05, 0.1) is 0 Å². The first-order chi connectivity index (χ1) is 7.93. The van der Waals surface area contributed by atoms with Crippen molar-refractivity contribution >= 4 is 30.1 Å². The fourth-order valence-corrected chi connectivity index (χ4v) is 1.83. The van der Waals surface area contributed by atoms with E-state index in [1.54, 1.807) is 0 Å². The number of urea groups is 1. The Bertz CT molecular complexity index is 481. The predicted octanol–water partition coefficient (Wildman–Crippen LogP) is -1.58. The zero-order valence-electron chi connectivity index (χ0n) is 9.32. The number of fused-ring (bicyclic) bond motifs is 1. The van der Waals surface area contributed by atoms with Crippen molar-refractivity contribution in [2.75, 3.05) is 20.6 Å². The zero-order chi connectivity index (χ0) is 12.7. The molecule has 0 saturated carbocycles. The highest BCUT2D eigenvalue weighted by Crippen LogP contribution is 2.16. The summed E-state index contributed by atoms with van der Waals surface area (Å²) < 4.78 is 1.29. The van der Waals surface area contributed by atoms with Gasteiger partial charge >= 0.3 is 12.0 Å². The molecule has 0 spiro atoms. The van der Waals surface area contributed by atoms with Gasteiger partial charge in [-0.3, -0.25) is 14.6 Å². The highest BCUT2D eigenvalue weighted by molar-refractivity contribution is 6.21. The molecule has 8 heteroatoms. The van der Waals surface area contributed by atoms with Gasteiger partial charge < -0.3 is 5.11 Å². The van der Waals surface area contributed by atoms with Crippen LogP contribution in [0.15, 0.2) is 4.99 Å². The van der Waals surface area contributed by atoms with E-state index in [0.29, 0.717) is 0 Å². The van der Waals surface area contributed by atoms with Gasteiger partial charge in [0, 0.05) is 14.1 Å². The van der Waals surface area contributed by atoms with Gasteiger partial charge in [0.1, 0.15) is 0 Å². The lowest BCUT2D eigenvalue weighted by Gasteiger charge is -2.30. The molecule has 1 atom stereocenters. The number of carbonyl (C=O) groups excluding carboxylic acids is 2. The highest BCUT2D eigenvalue weighted by Gasteiger charge is 2.50. The van der Waals surface area contributed by atoms with Crippen LogP contribution in [0.25, 0.3) is 0 Å². The first-order valence-corrected chi connectivity index (χ1v) is 4.87. The van der Waals surface area contributed by atoms with Crippen molar-refractivity contribution < 1.29 is 24.1 Å². The molecule has 8 nitrogen and oxygen atoms in total. The molecular formula is C9H11N4O4+. The van der Waals surface area contributed by atoms with Crippen molar-refractivity contribution in [3.8, 4) is 0 Å². The van der Waals surface area contributed by atoms with E-state index in [4.69, 9.17) is 5.11 Å². The number of rotatable bonds is 2. The Kier molecular flexibility index (Phi) is 2.41. The summed E-state index contributed by atoms with van der Waals surface area (Å²) in [7, 11) is 2.85. The number of aliphatic carboxylic acids is 1. The van der Waals surface area contributed by atoms with Gasteiger partial charge in [0.2, 0.25) is 0 Å². The maximum absolute atomic E-state index is 11.9. The lowest BCUT2D eigenvalue weighted by atomic mass is 10.1. The Labute approximate surface area is 96.4 Å². The Morgan fingerprint density at radius 1 is 1.47 bits per heavy atom. The molecule has 2 aliphatic heterocycles. The second kappa shape index (κ2) is 3.65. The third-order valence-electron chi connectivity index (χ3n) is 2.71. The molecule has 0 bridgehead atoms. The molecule has 0 aliphatic carbocycles. The SMILES string of the molecule is CN1C(=O)C2C(=NC=[N+]2CC(=O)O)N(C)C1=O. The number of imide groups is 1. The molecular weight excluding hydrogens is 228 g/mol. The second-order valence-electron chi connectivity index (χ2n) is 3.81. The van der Waals surface area contributed by atoms with Crippen LogP contribution in [-0.4, -0.2) is 76.2 Å². The topological polar surface area (TPSA) is 93.3 Å². The van der Waals surface area contributed by atoms with Crippen molar-refractivity contribution in [2.45, 2.75) is 6.04 Å². The molecule has 1 N–H and O–H groups in total. The number of nitrogens with zero attached hydrogens (tertiary/aromatic N) is 4. The van der Waals surface area contributed by atoms with Gasteiger partial charge in [-0.15, -0.1) is 0 Å². The van der Waals surface area contributed by atoms with E-state index in [2.05, 4.69) is 4.99 Å². The minimum Gasteiger partial charge on any atom is -0.478 e. The third-order valence-corrected chi connectivity index (χ3v) is 2.71. The smallest absolute Gasteiger partial charge is 0.345 e. The van der Waals surface area contributed by atoms with Crippen LogP contribution >= 0.6 is 0 Å². The van der Waals surface area contributed by atoms with Crippen LogP contribution in [0.2, 0.25) is 0 Å². The Hall–Kier alpha value is -2.25. The first kappa shape index (κ1) is 11.2. The fraction of sp³-hybridized carbons (Fsp3) is 0.444. The summed E-state index contributed by atoms with van der Waals surface area (Å²) in [6.45, 7) is -0.334. The van der Waals surface area contributed by atoms with E-state index in [1.807, 2.05) is 0 Å². The van der Waals surface area contributed by atoms with Crippen LogP contribution in [0.4, 0.5) is 4.79 Å². The molecule has 0 radical (unpaired) electrons. The zero-order valence-corrected chi connectivity index (χ0v) is 9.32. The molecule has 2 rings (SSSR count). The molecule has 1 saturated heterocycles. The Balaban J connectivity index is 2.32. The number of carbonyl (C=O) groups is 3. The summed E-state index contributed by atoms with van der Waals surface area (Å²) in [5.41, 5.74) is 0. The van der Waals surface area contributed by atoms with Crippen LogP contribution in [-0.2, 0) is 9.59 Å². The van der Waals surface area contributed by atoms with Crippen molar-refractivity contribution in [2.24, 2.45) is 4.99 Å². The summed E-state index contributed by atoms with van der Waals surface area (Å²) >= 11 is 0. The van der Waals surface area contributed by atoms with E-state index in [0.717, 1.165) is 4.90 Å². The molecule has 17 heavy (non-hydrogen) atoms. The molecule has 1 fully saturated rings. The van der Waals surface area contributed by atoms with Gasteiger partial charge in [-0.25, -0.2) is 14.2 Å². The minimum absolute atomic E-state index is 0.263. The number of amides is 3. The van der Waals surface area contributed by atoms with Gasteiger partial charge in [0.25, 0.3) is 24.1 Å². The van der Waals surface area contributed by atoms with Crippen molar-refractivity contribution in [3.05, 3.63) is 0 Å². The number of amidine groups is 1. The number of carboxylic acids is 1. The summed E-state index contributed by atoms with van der Waals surface area (Å²) in [4.78, 5) is 40.3. The molecule has 2 heterocycles. The Morgan fingerprint density at radius 2 is 2.12 bits per heavy atom. The van der Waals surface area contributed by atoms with Crippen LogP contribution in [0, 0.1) is 0 Å². The van der Waals surface area contributed by atoms with Crippen molar-refractivity contribution in [1.82, 2.24) is 9.80 Å². The fourth-order valence-electron chi connectivity index (χ4n) is 1.83. The van der Waals surface area contributed by atoms with E-state index in [1.165, 1.54) is 29.9 Å². The van der Waals surface area contributed by atoms with Gasteiger partial charge in [-0.05, 0) is 4.99 Å². The molecule has 1 unspecified atom stereocenters. The number of carboxylic acid groups (broad SMARTS) is 1. The van der Waals surface area contributed by atoms with Gasteiger partial charge in [0.15, 0.2) is 6.54 Å². The second-order valence-corrected chi connectivity index (χ2v) is 3.81. The molecule has 2 aliphatic rings. The minimum atomic E-state index is -1.06. The number of hydrogen-bond acceptors (Lipinski definition) is 4. The van der Waals surface area contributed by atoms with Crippen molar-refractivity contribution in [3.63, 3.8) is 0 Å². The lowest BCUT2D eigenvalue weighted by Crippen LogP contribution is -2.61. The first-order valence-electron chi connectivity index (χ1n) is 4.87. The maximum atomic E-state index is 11.9. The monoisotopic (exact) mass is 239 g/mol. The maximum Gasteiger partial charge on any atom is 0.345 e. The van der Waals surface area contributed by atoms with E-state index < -0.39 is 23.9 Å². The lowest BCUT2D eigenvalue weighted by molar-refractivity contribution is -0.521. The molecule has 0 aromatic carbocycles. The van der Waals surface area contributed by atoms with Gasteiger partial charge in [-0.2, -0.15) is 0 Å². The average molecular weight is 239 g/mol. The summed E-state index contributed by atoms with van der Waals surface area (Å²) in [5.74, 6) is -1.27. The van der Waals surface area contributed by atoms with Crippen LogP contribution in [0.3, 0.4) is 0 Å². The van der Waals surface area contributed by atoms with Gasteiger partial charge in [-0.1, -0.05) is 0 Å². The molecule has 90 valence electrons. The number of hydrogen-bond donors (Lipinski definition) is 1. The van der Waals surface area contributed by atoms with Crippen LogP contribution in [0.1, 0.15) is 0 Å². The quantitative estimate of drug-likeness (QED) is 0.588. The largest absolute Gasteiger partial charge is 0.478 e. The van der Waals surface area contributed by atoms with E-state index >= 15 is 0 Å². The predicted molar refractivity (Wildman–Crippen MR) is 56.0 cm³/mol. The standard InChI is InChI=1S/C9H10N4O4/c1-11-7-6(8(16)12(2)9(11)17)13(4-10-7)3-5(14)15/h4,6H,3H2,1-2H3/p+1. The van der Waals surface area contributed by atoms with Crippen molar-refractivity contribution in [1.29, 1.82) is 0 Å². The molecule has 0 aromatic rings. The third kappa shape index (κ3) is 1.57. The number of aliphatic imine (C=N–C) groups is 1. The molecule has 3 amide bonds. The van der Waals surface area contributed by atoms with E-state index in [9.17, 15) is 14.4 Å². The summed E-state index contributed by atoms with van der Waals surface area (Å²) in [5, 5.41) is 8.72. The number of likely N-dealkylation sites (N-methyl/N-ethyl adjacent to an activating group) is 2. The van der Waals surface area contributed by atoms with E-state index in [-0.39, 0.29) is 12.4 Å². The highest BCUT2D eigenvalue weighted by atomic mass is 16.4. The van der Waals surface area contributed by atoms with Crippen LogP contribution in [0.5, 0.6) is 0 Å². The Morgan fingerprint density at radius 3 is 2.71 bits per heavy atom. The normalized spacial score (nSPS) is 23.5. The van der Waals surface area contributed by atoms with Crippen LogP contribution < -0.4 is 0 Å². The summed E-state index contributed by atoms with van der Waals surface area (Å²) in [6, 6.07) is -1.30.